The number of hydrogen-bond acceptors (Lipinski definition) is 1. The van der Waals surface area contributed by atoms with E-state index in [0.29, 0.717) is 4.47 Å². The number of aryl methyl sites for hydroxylation is 1. The minimum atomic E-state index is -0.119. The van der Waals surface area contributed by atoms with Crippen LogP contribution < -0.4 is 0 Å². The Morgan fingerprint density at radius 2 is 2.07 bits per heavy atom. The van der Waals surface area contributed by atoms with E-state index in [-0.39, 0.29) is 5.82 Å². The predicted molar refractivity (Wildman–Crippen MR) is 61.0 cm³/mol. The van der Waals surface area contributed by atoms with Crippen LogP contribution in [0.1, 0.15) is 12.0 Å². The Balaban J connectivity index is 2.54. The summed E-state index contributed by atoms with van der Waals surface area (Å²) in [7, 11) is 4.05. The fourth-order valence-corrected chi connectivity index (χ4v) is 1.73. The van der Waals surface area contributed by atoms with Crippen molar-refractivity contribution in [1.82, 2.24) is 4.90 Å². The number of benzene rings is 1. The van der Waals surface area contributed by atoms with E-state index < -0.39 is 0 Å². The average Bonchev–Trinajstić information content (AvgIpc) is 2.12. The second kappa shape index (κ2) is 5.47. The first-order chi connectivity index (χ1) is 6.61. The summed E-state index contributed by atoms with van der Waals surface area (Å²) in [6.07, 6.45) is 1.78. The average molecular weight is 260 g/mol. The summed E-state index contributed by atoms with van der Waals surface area (Å²) in [6.45, 7) is 0.992. The van der Waals surface area contributed by atoms with E-state index in [1.54, 1.807) is 6.07 Å². The lowest BCUT2D eigenvalue weighted by molar-refractivity contribution is 0.399. The van der Waals surface area contributed by atoms with Crippen LogP contribution in [0, 0.1) is 5.82 Å². The van der Waals surface area contributed by atoms with Crippen LogP contribution >= 0.6 is 15.9 Å². The smallest absolute Gasteiger partial charge is 0.140 e. The highest BCUT2D eigenvalue weighted by Crippen LogP contribution is 2.19. The molecule has 0 fully saturated rings. The van der Waals surface area contributed by atoms with Gasteiger partial charge in [0.2, 0.25) is 0 Å². The standard InChI is InChI=1S/C11H15BrFN/c1-14(2)8-4-6-9-5-3-7-10(12)11(9)13/h3,5,7H,4,6,8H2,1-2H3. The zero-order valence-corrected chi connectivity index (χ0v) is 10.1. The topological polar surface area (TPSA) is 3.24 Å². The van der Waals surface area contributed by atoms with Crippen molar-refractivity contribution in [2.75, 3.05) is 20.6 Å². The molecular formula is C11H15BrFN. The molecule has 3 heteroatoms. The zero-order chi connectivity index (χ0) is 10.6. The van der Waals surface area contributed by atoms with E-state index >= 15 is 0 Å². The van der Waals surface area contributed by atoms with Gasteiger partial charge >= 0.3 is 0 Å². The van der Waals surface area contributed by atoms with Gasteiger partial charge in [-0.15, -0.1) is 0 Å². The van der Waals surface area contributed by atoms with Crippen LogP contribution in [0.5, 0.6) is 0 Å². The summed E-state index contributed by atoms with van der Waals surface area (Å²) in [5.74, 6) is -0.119. The highest BCUT2D eigenvalue weighted by atomic mass is 79.9. The zero-order valence-electron chi connectivity index (χ0n) is 8.56. The van der Waals surface area contributed by atoms with Crippen molar-refractivity contribution in [2.24, 2.45) is 0 Å². The van der Waals surface area contributed by atoms with Gasteiger partial charge in [0.15, 0.2) is 0 Å². The molecule has 0 amide bonds. The normalized spacial score (nSPS) is 10.9. The molecule has 1 rings (SSSR count). The molecule has 0 heterocycles. The van der Waals surface area contributed by atoms with Crippen molar-refractivity contribution in [3.63, 3.8) is 0 Å². The van der Waals surface area contributed by atoms with Gasteiger partial charge in [-0.1, -0.05) is 12.1 Å². The van der Waals surface area contributed by atoms with E-state index in [0.717, 1.165) is 24.9 Å². The molecule has 0 unspecified atom stereocenters. The second-order valence-corrected chi connectivity index (χ2v) is 4.47. The van der Waals surface area contributed by atoms with E-state index in [1.807, 2.05) is 26.2 Å². The maximum Gasteiger partial charge on any atom is 0.140 e. The highest BCUT2D eigenvalue weighted by molar-refractivity contribution is 9.10. The molecule has 78 valence electrons. The molecule has 0 saturated heterocycles. The lowest BCUT2D eigenvalue weighted by Gasteiger charge is -2.09. The van der Waals surface area contributed by atoms with E-state index in [1.165, 1.54) is 0 Å². The van der Waals surface area contributed by atoms with Crippen LogP contribution in [-0.4, -0.2) is 25.5 Å². The molecule has 0 radical (unpaired) electrons. The first kappa shape index (κ1) is 11.7. The minimum Gasteiger partial charge on any atom is -0.309 e. The molecule has 0 saturated carbocycles. The molecule has 0 atom stereocenters. The molecule has 0 bridgehead atoms. The van der Waals surface area contributed by atoms with E-state index in [2.05, 4.69) is 20.8 Å². The quantitative estimate of drug-likeness (QED) is 0.804. The van der Waals surface area contributed by atoms with Gasteiger partial charge in [-0.05, 0) is 61.0 Å². The Kier molecular flexibility index (Phi) is 4.55. The molecule has 1 nitrogen and oxygen atoms in total. The molecule has 0 aliphatic carbocycles. The lowest BCUT2D eigenvalue weighted by Crippen LogP contribution is -2.13. The molecule has 14 heavy (non-hydrogen) atoms. The highest BCUT2D eigenvalue weighted by Gasteiger charge is 2.04. The van der Waals surface area contributed by atoms with Gasteiger partial charge in [0.25, 0.3) is 0 Å². The van der Waals surface area contributed by atoms with Crippen molar-refractivity contribution in [3.05, 3.63) is 34.1 Å². The third-order valence-corrected chi connectivity index (χ3v) is 2.70. The first-order valence-corrected chi connectivity index (χ1v) is 5.48. The minimum absolute atomic E-state index is 0.119. The number of halogens is 2. The first-order valence-electron chi connectivity index (χ1n) is 4.69. The summed E-state index contributed by atoms with van der Waals surface area (Å²) >= 11 is 3.18. The van der Waals surface area contributed by atoms with Gasteiger partial charge in [-0.25, -0.2) is 4.39 Å². The summed E-state index contributed by atoms with van der Waals surface area (Å²) in [5.41, 5.74) is 0.793. The fourth-order valence-electron chi connectivity index (χ4n) is 1.33. The Hall–Kier alpha value is -0.410. The Morgan fingerprint density at radius 3 is 2.71 bits per heavy atom. The van der Waals surface area contributed by atoms with Crippen LogP contribution in [0.25, 0.3) is 0 Å². The van der Waals surface area contributed by atoms with Gasteiger partial charge < -0.3 is 4.90 Å². The van der Waals surface area contributed by atoms with Crippen LogP contribution in [0.4, 0.5) is 4.39 Å². The molecule has 0 aromatic heterocycles. The largest absolute Gasteiger partial charge is 0.309 e. The molecule has 0 aliphatic heterocycles. The summed E-state index contributed by atoms with van der Waals surface area (Å²) in [5, 5.41) is 0. The molecule has 1 aromatic carbocycles. The Morgan fingerprint density at radius 1 is 1.36 bits per heavy atom. The third-order valence-electron chi connectivity index (χ3n) is 2.08. The van der Waals surface area contributed by atoms with Gasteiger partial charge in [0, 0.05) is 0 Å². The maximum absolute atomic E-state index is 13.5. The monoisotopic (exact) mass is 259 g/mol. The third kappa shape index (κ3) is 3.39. The predicted octanol–water partition coefficient (Wildman–Crippen LogP) is 3.08. The number of rotatable bonds is 4. The summed E-state index contributed by atoms with van der Waals surface area (Å²) in [6, 6.07) is 5.44. The van der Waals surface area contributed by atoms with E-state index in [4.69, 9.17) is 0 Å². The number of hydrogen-bond donors (Lipinski definition) is 0. The number of nitrogens with zero attached hydrogens (tertiary/aromatic N) is 1. The van der Waals surface area contributed by atoms with Gasteiger partial charge in [0.05, 0.1) is 4.47 Å². The maximum atomic E-state index is 13.5. The van der Waals surface area contributed by atoms with Crippen LogP contribution in [0.2, 0.25) is 0 Å². The SMILES string of the molecule is CN(C)CCCc1cccc(Br)c1F. The summed E-state index contributed by atoms with van der Waals surface area (Å²) < 4.78 is 14.0. The molecular weight excluding hydrogens is 245 g/mol. The van der Waals surface area contributed by atoms with Crippen molar-refractivity contribution in [3.8, 4) is 0 Å². The van der Waals surface area contributed by atoms with Crippen molar-refractivity contribution < 1.29 is 4.39 Å². The fraction of sp³-hybridized carbons (Fsp3) is 0.455. The molecule has 0 aliphatic rings. The Bertz CT molecular complexity index is 299. The van der Waals surface area contributed by atoms with E-state index in [9.17, 15) is 4.39 Å². The Labute approximate surface area is 93.0 Å². The van der Waals surface area contributed by atoms with Gasteiger partial charge in [-0.3, -0.25) is 0 Å². The van der Waals surface area contributed by atoms with Crippen molar-refractivity contribution in [2.45, 2.75) is 12.8 Å². The van der Waals surface area contributed by atoms with Crippen LogP contribution in [0.15, 0.2) is 22.7 Å². The van der Waals surface area contributed by atoms with Crippen molar-refractivity contribution in [1.29, 1.82) is 0 Å². The molecule has 0 N–H and O–H groups in total. The van der Waals surface area contributed by atoms with Crippen LogP contribution in [-0.2, 0) is 6.42 Å². The van der Waals surface area contributed by atoms with Crippen molar-refractivity contribution >= 4 is 15.9 Å². The summed E-state index contributed by atoms with van der Waals surface area (Å²) in [4.78, 5) is 2.11. The molecule has 0 spiro atoms. The van der Waals surface area contributed by atoms with Crippen LogP contribution in [0.3, 0.4) is 0 Å². The lowest BCUT2D eigenvalue weighted by atomic mass is 10.1. The molecule has 1 aromatic rings. The van der Waals surface area contributed by atoms with Gasteiger partial charge in [-0.2, -0.15) is 0 Å². The van der Waals surface area contributed by atoms with Gasteiger partial charge in [0.1, 0.15) is 5.82 Å². The second-order valence-electron chi connectivity index (χ2n) is 3.62.